The average molecular weight is 364 g/mol. The van der Waals surface area contributed by atoms with Gasteiger partial charge < -0.3 is 5.11 Å². The van der Waals surface area contributed by atoms with Gasteiger partial charge in [-0.2, -0.15) is 0 Å². The summed E-state index contributed by atoms with van der Waals surface area (Å²) in [5, 5.41) is 11.0. The van der Waals surface area contributed by atoms with Gasteiger partial charge in [-0.15, -0.1) is 0 Å². The third-order valence-corrected chi connectivity index (χ3v) is 4.87. The van der Waals surface area contributed by atoms with Crippen LogP contribution in [0.3, 0.4) is 0 Å². The second kappa shape index (κ2) is 8.03. The highest BCUT2D eigenvalue weighted by Gasteiger charge is 2.24. The molecule has 0 aliphatic rings. The Balaban J connectivity index is 1.76. The predicted octanol–water partition coefficient (Wildman–Crippen LogP) is 5.94. The van der Waals surface area contributed by atoms with Crippen LogP contribution in [-0.2, 0) is 0 Å². The largest absolute Gasteiger partial charge is 0.380 e. The van der Waals surface area contributed by atoms with Crippen LogP contribution in [0.1, 0.15) is 22.0 Å². The standard InChI is InChI=1S/C26H20O2/c27-25(23-17-9-7-15-21(23)19-11-3-1-4-12-19)26(28)24-18-10-8-16-22(24)20-13-5-2-6-14-20/h1-18,25,27H. The lowest BCUT2D eigenvalue weighted by Gasteiger charge is -2.17. The molecule has 0 radical (unpaired) electrons. The van der Waals surface area contributed by atoms with Gasteiger partial charge in [0.25, 0.3) is 0 Å². The van der Waals surface area contributed by atoms with E-state index in [0.29, 0.717) is 11.1 Å². The summed E-state index contributed by atoms with van der Waals surface area (Å²) in [5.74, 6) is -0.303. The fraction of sp³-hybridized carbons (Fsp3) is 0.0385. The molecule has 2 heteroatoms. The highest BCUT2D eigenvalue weighted by Crippen LogP contribution is 2.32. The number of carbonyl (C=O) groups is 1. The highest BCUT2D eigenvalue weighted by molar-refractivity contribution is 6.05. The zero-order chi connectivity index (χ0) is 19.3. The fourth-order valence-corrected chi connectivity index (χ4v) is 3.47. The van der Waals surface area contributed by atoms with E-state index >= 15 is 0 Å². The number of benzene rings is 4. The lowest BCUT2D eigenvalue weighted by molar-refractivity contribution is 0.0749. The van der Waals surface area contributed by atoms with E-state index in [2.05, 4.69) is 0 Å². The van der Waals surface area contributed by atoms with Crippen molar-refractivity contribution in [3.63, 3.8) is 0 Å². The first-order chi connectivity index (χ1) is 13.8. The summed E-state index contributed by atoms with van der Waals surface area (Å²) in [7, 11) is 0. The van der Waals surface area contributed by atoms with E-state index in [9.17, 15) is 9.90 Å². The summed E-state index contributed by atoms with van der Waals surface area (Å²) in [6.07, 6.45) is -1.23. The normalized spacial score (nSPS) is 11.8. The van der Waals surface area contributed by atoms with Crippen molar-refractivity contribution in [2.24, 2.45) is 0 Å². The van der Waals surface area contributed by atoms with Gasteiger partial charge in [0.2, 0.25) is 0 Å². The molecule has 2 nitrogen and oxygen atoms in total. The summed E-state index contributed by atoms with van der Waals surface area (Å²) in [6.45, 7) is 0. The lowest BCUT2D eigenvalue weighted by atomic mass is 9.89. The van der Waals surface area contributed by atoms with Crippen molar-refractivity contribution in [2.75, 3.05) is 0 Å². The number of ketones is 1. The molecule has 0 amide bonds. The van der Waals surface area contributed by atoms with Gasteiger partial charge in [-0.3, -0.25) is 4.79 Å². The molecule has 0 saturated heterocycles. The van der Waals surface area contributed by atoms with Crippen LogP contribution in [0.2, 0.25) is 0 Å². The van der Waals surface area contributed by atoms with E-state index in [1.807, 2.05) is 103 Å². The number of hydrogen-bond acceptors (Lipinski definition) is 2. The second-order valence-electron chi connectivity index (χ2n) is 6.63. The Morgan fingerprint density at radius 2 is 1.04 bits per heavy atom. The van der Waals surface area contributed by atoms with Crippen molar-refractivity contribution < 1.29 is 9.90 Å². The van der Waals surface area contributed by atoms with Crippen LogP contribution in [0, 0.1) is 0 Å². The Labute approximate surface area is 164 Å². The minimum atomic E-state index is -1.23. The van der Waals surface area contributed by atoms with Crippen LogP contribution in [0.4, 0.5) is 0 Å². The van der Waals surface area contributed by atoms with Crippen LogP contribution in [-0.4, -0.2) is 10.9 Å². The Kier molecular flexibility index (Phi) is 5.14. The molecule has 0 aliphatic carbocycles. The SMILES string of the molecule is O=C(c1ccccc1-c1ccccc1)C(O)c1ccccc1-c1ccccc1. The molecule has 0 heterocycles. The van der Waals surface area contributed by atoms with Crippen LogP contribution < -0.4 is 0 Å². The van der Waals surface area contributed by atoms with E-state index < -0.39 is 6.10 Å². The maximum atomic E-state index is 13.3. The Morgan fingerprint density at radius 3 is 1.68 bits per heavy atom. The fourth-order valence-electron chi connectivity index (χ4n) is 3.47. The van der Waals surface area contributed by atoms with E-state index in [1.54, 1.807) is 6.07 Å². The first-order valence-corrected chi connectivity index (χ1v) is 9.27. The van der Waals surface area contributed by atoms with Crippen LogP contribution in [0.15, 0.2) is 109 Å². The molecule has 4 rings (SSSR count). The third-order valence-electron chi connectivity index (χ3n) is 4.87. The van der Waals surface area contributed by atoms with Gasteiger partial charge in [0.15, 0.2) is 5.78 Å². The van der Waals surface area contributed by atoms with E-state index in [1.165, 1.54) is 0 Å². The molecule has 28 heavy (non-hydrogen) atoms. The van der Waals surface area contributed by atoms with Crippen LogP contribution in [0.25, 0.3) is 22.3 Å². The Hall–Kier alpha value is -3.49. The van der Waals surface area contributed by atoms with Gasteiger partial charge in [0, 0.05) is 5.56 Å². The maximum absolute atomic E-state index is 13.3. The highest BCUT2D eigenvalue weighted by atomic mass is 16.3. The average Bonchev–Trinajstić information content (AvgIpc) is 2.79. The number of rotatable bonds is 5. The molecule has 1 atom stereocenters. The Bertz CT molecular complexity index is 1090. The van der Waals surface area contributed by atoms with E-state index in [-0.39, 0.29) is 5.78 Å². The molecular weight excluding hydrogens is 344 g/mol. The third kappa shape index (κ3) is 3.51. The molecule has 1 N–H and O–H groups in total. The second-order valence-corrected chi connectivity index (χ2v) is 6.63. The minimum Gasteiger partial charge on any atom is -0.380 e. The van der Waals surface area contributed by atoms with Crippen molar-refractivity contribution in [2.45, 2.75) is 6.10 Å². The molecule has 0 spiro atoms. The summed E-state index contributed by atoms with van der Waals surface area (Å²) in [5.41, 5.74) is 4.74. The molecule has 0 saturated carbocycles. The molecule has 0 aliphatic heterocycles. The number of aliphatic hydroxyl groups is 1. The summed E-state index contributed by atoms with van der Waals surface area (Å²) >= 11 is 0. The monoisotopic (exact) mass is 364 g/mol. The molecule has 0 aromatic heterocycles. The smallest absolute Gasteiger partial charge is 0.196 e. The van der Waals surface area contributed by atoms with Gasteiger partial charge in [0.1, 0.15) is 6.10 Å². The van der Waals surface area contributed by atoms with Gasteiger partial charge >= 0.3 is 0 Å². The summed E-state index contributed by atoms with van der Waals surface area (Å²) < 4.78 is 0. The molecule has 4 aromatic carbocycles. The van der Waals surface area contributed by atoms with Crippen molar-refractivity contribution >= 4 is 5.78 Å². The lowest BCUT2D eigenvalue weighted by Crippen LogP contribution is -2.14. The van der Waals surface area contributed by atoms with Gasteiger partial charge in [-0.25, -0.2) is 0 Å². The van der Waals surface area contributed by atoms with Crippen molar-refractivity contribution in [1.29, 1.82) is 0 Å². The quantitative estimate of drug-likeness (QED) is 0.445. The zero-order valence-electron chi connectivity index (χ0n) is 15.3. The minimum absolute atomic E-state index is 0.303. The van der Waals surface area contributed by atoms with Crippen molar-refractivity contribution in [1.82, 2.24) is 0 Å². The van der Waals surface area contributed by atoms with Crippen LogP contribution in [0.5, 0.6) is 0 Å². The van der Waals surface area contributed by atoms with Gasteiger partial charge in [-0.05, 0) is 27.8 Å². The number of hydrogen-bond donors (Lipinski definition) is 1. The topological polar surface area (TPSA) is 37.3 Å². The summed E-state index contributed by atoms with van der Waals surface area (Å²) in [6, 6.07) is 34.5. The van der Waals surface area contributed by atoms with Gasteiger partial charge in [-0.1, -0.05) is 109 Å². The van der Waals surface area contributed by atoms with Crippen molar-refractivity contribution in [3.05, 3.63) is 120 Å². The van der Waals surface area contributed by atoms with E-state index in [0.717, 1.165) is 22.3 Å². The maximum Gasteiger partial charge on any atom is 0.196 e. The molecule has 4 aromatic rings. The molecule has 136 valence electrons. The van der Waals surface area contributed by atoms with Crippen molar-refractivity contribution in [3.8, 4) is 22.3 Å². The number of Topliss-reactive ketones (excluding diaryl/α,β-unsaturated/α-hetero) is 1. The summed E-state index contributed by atoms with van der Waals surface area (Å²) in [4.78, 5) is 13.3. The first kappa shape index (κ1) is 17.9. The van der Waals surface area contributed by atoms with Gasteiger partial charge in [0.05, 0.1) is 0 Å². The Morgan fingerprint density at radius 1 is 0.571 bits per heavy atom. The number of carbonyl (C=O) groups excluding carboxylic acids is 1. The molecular formula is C26H20O2. The predicted molar refractivity (Wildman–Crippen MR) is 113 cm³/mol. The zero-order valence-corrected chi connectivity index (χ0v) is 15.3. The number of aliphatic hydroxyl groups excluding tert-OH is 1. The molecule has 1 unspecified atom stereocenters. The van der Waals surface area contributed by atoms with Crippen LogP contribution >= 0.6 is 0 Å². The molecule has 0 fully saturated rings. The van der Waals surface area contributed by atoms with E-state index in [4.69, 9.17) is 0 Å². The molecule has 0 bridgehead atoms. The first-order valence-electron chi connectivity index (χ1n) is 9.27.